The smallest absolute Gasteiger partial charge is 0.261 e. The van der Waals surface area contributed by atoms with E-state index in [2.05, 4.69) is 0 Å². The molecule has 2 aromatic rings. The highest BCUT2D eigenvalue weighted by atomic mass is 32.2. The van der Waals surface area contributed by atoms with Gasteiger partial charge in [-0.3, -0.25) is 14.5 Å². The molecular weight excluding hydrogens is 332 g/mol. The molecule has 2 amide bonds. The maximum Gasteiger partial charge on any atom is 0.261 e. The summed E-state index contributed by atoms with van der Waals surface area (Å²) in [6.45, 7) is 1.84. The highest BCUT2D eigenvalue weighted by Gasteiger charge is 2.34. The van der Waals surface area contributed by atoms with Crippen LogP contribution in [0.4, 0.5) is 0 Å². The molecule has 1 aliphatic rings. The molecule has 0 atom stereocenters. The van der Waals surface area contributed by atoms with E-state index >= 15 is 0 Å². The molecule has 0 unspecified atom stereocenters. The number of carbonyl (C=O) groups excluding carboxylic acids is 2. The van der Waals surface area contributed by atoms with E-state index in [4.69, 9.17) is 4.42 Å². The predicted molar refractivity (Wildman–Crippen MR) is 85.0 cm³/mol. The molecule has 1 aromatic carbocycles. The lowest BCUT2D eigenvalue weighted by Gasteiger charge is -2.16. The average molecular weight is 348 g/mol. The third-order valence-corrected chi connectivity index (χ3v) is 5.74. The minimum atomic E-state index is -3.82. The Bertz CT molecular complexity index is 945. The van der Waals surface area contributed by atoms with Crippen LogP contribution in [0.3, 0.4) is 0 Å². The Morgan fingerprint density at radius 1 is 1.08 bits per heavy atom. The number of hydrogen-bond acceptors (Lipinski definition) is 5. The number of nitrogens with zero attached hydrogens (tertiary/aromatic N) is 2. The molecule has 0 fully saturated rings. The molecule has 0 saturated heterocycles. The van der Waals surface area contributed by atoms with Crippen LogP contribution in [0.2, 0.25) is 0 Å². The normalized spacial score (nSPS) is 14.6. The van der Waals surface area contributed by atoms with E-state index in [1.165, 1.54) is 32.3 Å². The fourth-order valence-electron chi connectivity index (χ4n) is 2.56. The minimum absolute atomic E-state index is 0.0384. The standard InChI is InChI=1S/C16H16N2O5S/c1-10-4-5-11(23-10)9-17(2)24(21,22)12-6-7-13-14(8-12)16(20)18(3)15(13)19/h4-8H,9H2,1-3H3. The first-order valence-corrected chi connectivity index (χ1v) is 8.64. The zero-order chi connectivity index (χ0) is 17.6. The van der Waals surface area contributed by atoms with Crippen molar-refractivity contribution in [2.24, 2.45) is 0 Å². The maximum atomic E-state index is 12.7. The summed E-state index contributed by atoms with van der Waals surface area (Å²) < 4.78 is 31.9. The lowest BCUT2D eigenvalue weighted by atomic mass is 10.1. The molecule has 1 aliphatic heterocycles. The summed E-state index contributed by atoms with van der Waals surface area (Å²) in [6, 6.07) is 7.42. The van der Waals surface area contributed by atoms with Crippen LogP contribution in [0.1, 0.15) is 32.2 Å². The first-order chi connectivity index (χ1) is 11.2. The maximum absolute atomic E-state index is 12.7. The van der Waals surface area contributed by atoms with Crippen LogP contribution in [-0.2, 0) is 16.6 Å². The third-order valence-electron chi connectivity index (χ3n) is 3.94. The van der Waals surface area contributed by atoms with E-state index < -0.39 is 21.8 Å². The van der Waals surface area contributed by atoms with E-state index in [0.29, 0.717) is 11.5 Å². The Balaban J connectivity index is 1.93. The number of fused-ring (bicyclic) bond motifs is 1. The lowest BCUT2D eigenvalue weighted by molar-refractivity contribution is 0.0693. The molecule has 0 radical (unpaired) electrons. The molecule has 3 rings (SSSR count). The van der Waals surface area contributed by atoms with Gasteiger partial charge in [0.2, 0.25) is 10.0 Å². The summed E-state index contributed by atoms with van der Waals surface area (Å²) in [5.74, 6) is 0.279. The number of furan rings is 1. The highest BCUT2D eigenvalue weighted by molar-refractivity contribution is 7.89. The molecule has 0 bridgehead atoms. The van der Waals surface area contributed by atoms with Crippen molar-refractivity contribution >= 4 is 21.8 Å². The SMILES string of the molecule is Cc1ccc(CN(C)S(=O)(=O)c2ccc3c(c2)C(=O)N(C)C3=O)o1. The van der Waals surface area contributed by atoms with Crippen LogP contribution in [-0.4, -0.2) is 43.5 Å². The Morgan fingerprint density at radius 2 is 1.75 bits per heavy atom. The fourth-order valence-corrected chi connectivity index (χ4v) is 3.72. The van der Waals surface area contributed by atoms with Gasteiger partial charge in [-0.1, -0.05) is 0 Å². The predicted octanol–water partition coefficient (Wildman–Crippen LogP) is 1.63. The van der Waals surface area contributed by atoms with Gasteiger partial charge in [0, 0.05) is 14.1 Å². The minimum Gasteiger partial charge on any atom is -0.465 e. The summed E-state index contributed by atoms with van der Waals surface area (Å²) in [4.78, 5) is 24.8. The van der Waals surface area contributed by atoms with E-state index in [0.717, 1.165) is 9.21 Å². The average Bonchev–Trinajstić information content (AvgIpc) is 3.04. The molecule has 8 heteroatoms. The van der Waals surface area contributed by atoms with Gasteiger partial charge in [0.15, 0.2) is 0 Å². The summed E-state index contributed by atoms with van der Waals surface area (Å²) >= 11 is 0. The number of amides is 2. The molecule has 0 aliphatic carbocycles. The number of sulfonamides is 1. The van der Waals surface area contributed by atoms with E-state index in [1.807, 2.05) is 0 Å². The van der Waals surface area contributed by atoms with Gasteiger partial charge < -0.3 is 4.42 Å². The number of rotatable bonds is 4. The van der Waals surface area contributed by atoms with Crippen LogP contribution >= 0.6 is 0 Å². The van der Waals surface area contributed by atoms with Gasteiger partial charge in [-0.05, 0) is 37.3 Å². The molecular formula is C16H16N2O5S. The van der Waals surface area contributed by atoms with Gasteiger partial charge in [-0.15, -0.1) is 0 Å². The molecule has 2 heterocycles. The van der Waals surface area contributed by atoms with Crippen molar-refractivity contribution in [2.45, 2.75) is 18.4 Å². The Morgan fingerprint density at radius 3 is 2.38 bits per heavy atom. The van der Waals surface area contributed by atoms with Crippen molar-refractivity contribution in [3.63, 3.8) is 0 Å². The second-order valence-electron chi connectivity index (χ2n) is 5.65. The number of hydrogen-bond donors (Lipinski definition) is 0. The van der Waals surface area contributed by atoms with Gasteiger partial charge >= 0.3 is 0 Å². The molecule has 0 saturated carbocycles. The van der Waals surface area contributed by atoms with Crippen LogP contribution in [0.15, 0.2) is 39.6 Å². The van der Waals surface area contributed by atoms with E-state index in [-0.39, 0.29) is 22.6 Å². The van der Waals surface area contributed by atoms with Crippen LogP contribution in [0.5, 0.6) is 0 Å². The van der Waals surface area contributed by atoms with Crippen LogP contribution < -0.4 is 0 Å². The van der Waals surface area contributed by atoms with Crippen molar-refractivity contribution in [2.75, 3.05) is 14.1 Å². The summed E-state index contributed by atoms with van der Waals surface area (Å²) in [7, 11) is -1.02. The van der Waals surface area contributed by atoms with Crippen LogP contribution in [0.25, 0.3) is 0 Å². The highest BCUT2D eigenvalue weighted by Crippen LogP contribution is 2.26. The third kappa shape index (κ3) is 2.53. The molecule has 24 heavy (non-hydrogen) atoms. The number of carbonyl (C=O) groups is 2. The quantitative estimate of drug-likeness (QED) is 0.784. The summed E-state index contributed by atoms with van der Waals surface area (Å²) in [5, 5.41) is 0. The van der Waals surface area contributed by atoms with E-state index in [9.17, 15) is 18.0 Å². The lowest BCUT2D eigenvalue weighted by Crippen LogP contribution is -2.26. The Labute approximate surface area is 139 Å². The van der Waals surface area contributed by atoms with Crippen molar-refractivity contribution < 1.29 is 22.4 Å². The van der Waals surface area contributed by atoms with Crippen molar-refractivity contribution in [1.29, 1.82) is 0 Å². The Kier molecular flexibility index (Phi) is 3.81. The van der Waals surface area contributed by atoms with Gasteiger partial charge in [-0.25, -0.2) is 8.42 Å². The first kappa shape index (κ1) is 16.4. The molecule has 0 N–H and O–H groups in total. The Hall–Kier alpha value is -2.45. The number of aryl methyl sites for hydroxylation is 1. The molecule has 126 valence electrons. The zero-order valence-corrected chi connectivity index (χ0v) is 14.3. The van der Waals surface area contributed by atoms with Crippen LogP contribution in [0, 0.1) is 6.92 Å². The van der Waals surface area contributed by atoms with Crippen molar-refractivity contribution in [3.05, 3.63) is 53.0 Å². The van der Waals surface area contributed by atoms with E-state index in [1.54, 1.807) is 19.1 Å². The monoisotopic (exact) mass is 348 g/mol. The van der Waals surface area contributed by atoms with Gasteiger partial charge in [0.05, 0.1) is 22.6 Å². The second-order valence-corrected chi connectivity index (χ2v) is 7.70. The van der Waals surface area contributed by atoms with Crippen molar-refractivity contribution in [3.8, 4) is 0 Å². The largest absolute Gasteiger partial charge is 0.465 e. The first-order valence-electron chi connectivity index (χ1n) is 7.20. The fraction of sp³-hybridized carbons (Fsp3) is 0.250. The number of benzene rings is 1. The van der Waals surface area contributed by atoms with Gasteiger partial charge in [-0.2, -0.15) is 4.31 Å². The summed E-state index contributed by atoms with van der Waals surface area (Å²) in [5.41, 5.74) is 0.316. The summed E-state index contributed by atoms with van der Waals surface area (Å²) in [6.07, 6.45) is 0. The zero-order valence-electron chi connectivity index (χ0n) is 13.4. The molecule has 0 spiro atoms. The topological polar surface area (TPSA) is 87.9 Å². The second kappa shape index (κ2) is 5.57. The van der Waals surface area contributed by atoms with Gasteiger partial charge in [0.1, 0.15) is 11.5 Å². The molecule has 7 nitrogen and oxygen atoms in total. The molecule has 1 aromatic heterocycles. The van der Waals surface area contributed by atoms with Gasteiger partial charge in [0.25, 0.3) is 11.8 Å². The van der Waals surface area contributed by atoms with Crippen molar-refractivity contribution in [1.82, 2.24) is 9.21 Å². The number of imide groups is 1.